The number of rotatable bonds is 8. The molecule has 0 atom stereocenters. The highest BCUT2D eigenvalue weighted by atomic mass is 35.5. The number of hydrazone groups is 1. The first-order chi connectivity index (χ1) is 14.1. The number of nitrogens with zero attached hydrogens (tertiary/aromatic N) is 1. The van der Waals surface area contributed by atoms with Gasteiger partial charge in [-0.25, -0.2) is 5.43 Å². The van der Waals surface area contributed by atoms with Crippen molar-refractivity contribution in [2.24, 2.45) is 5.10 Å². The van der Waals surface area contributed by atoms with Crippen LogP contribution in [0.5, 0.6) is 11.5 Å². The quantitative estimate of drug-likeness (QED) is 0.400. The third-order valence-electron chi connectivity index (χ3n) is 3.77. The lowest BCUT2D eigenvalue weighted by Gasteiger charge is -2.07. The second kappa shape index (κ2) is 10.5. The number of carbonyl (C=O) groups excluding carboxylic acids is 1. The second-order valence-electron chi connectivity index (χ2n) is 6.02. The van der Waals surface area contributed by atoms with Gasteiger partial charge >= 0.3 is 0 Å². The topological polar surface area (TPSA) is 59.9 Å². The Bertz CT molecular complexity index is 974. The predicted octanol–water partition coefficient (Wildman–Crippen LogP) is 5.10. The van der Waals surface area contributed by atoms with Crippen molar-refractivity contribution in [1.29, 1.82) is 0 Å². The molecule has 0 aliphatic rings. The molecule has 3 rings (SSSR count). The van der Waals surface area contributed by atoms with Crippen LogP contribution in [-0.4, -0.2) is 18.7 Å². The summed E-state index contributed by atoms with van der Waals surface area (Å²) in [5, 5.41) is 5.16. The molecule has 7 heteroatoms. The highest BCUT2D eigenvalue weighted by Gasteiger charge is 2.02. The molecular formula is C22H18Cl2N2O3. The summed E-state index contributed by atoms with van der Waals surface area (Å²) in [6.07, 6.45) is 1.54. The molecule has 1 amide bonds. The van der Waals surface area contributed by atoms with Crippen LogP contribution in [0.15, 0.2) is 77.9 Å². The van der Waals surface area contributed by atoms with Crippen LogP contribution in [0.25, 0.3) is 0 Å². The maximum atomic E-state index is 11.8. The third kappa shape index (κ3) is 7.14. The SMILES string of the molecule is O=C(COc1cccc(Cl)c1)N/N=C/c1ccc(OCc2ccc(Cl)cc2)cc1. The number of hydrogen-bond donors (Lipinski definition) is 1. The fourth-order valence-electron chi connectivity index (χ4n) is 2.31. The standard InChI is InChI=1S/C22H18Cl2N2O3/c23-18-8-4-17(5-9-18)14-28-20-10-6-16(7-11-20)13-25-26-22(27)15-29-21-3-1-2-19(24)12-21/h1-13H,14-15H2,(H,26,27)/b25-13+. The molecule has 0 heterocycles. The van der Waals surface area contributed by atoms with Gasteiger partial charge in [0.05, 0.1) is 6.21 Å². The van der Waals surface area contributed by atoms with Gasteiger partial charge in [-0.1, -0.05) is 41.4 Å². The molecule has 0 aliphatic heterocycles. The largest absolute Gasteiger partial charge is 0.489 e. The van der Waals surface area contributed by atoms with Crippen LogP contribution >= 0.6 is 23.2 Å². The lowest BCUT2D eigenvalue weighted by atomic mass is 10.2. The lowest BCUT2D eigenvalue weighted by molar-refractivity contribution is -0.123. The van der Waals surface area contributed by atoms with Gasteiger partial charge in [-0.3, -0.25) is 4.79 Å². The first-order valence-electron chi connectivity index (χ1n) is 8.76. The van der Waals surface area contributed by atoms with Gasteiger partial charge in [0, 0.05) is 10.0 Å². The summed E-state index contributed by atoms with van der Waals surface area (Å²) in [4.78, 5) is 11.8. The number of benzene rings is 3. The third-order valence-corrected chi connectivity index (χ3v) is 4.25. The maximum Gasteiger partial charge on any atom is 0.277 e. The summed E-state index contributed by atoms with van der Waals surface area (Å²) in [6.45, 7) is 0.294. The van der Waals surface area contributed by atoms with Gasteiger partial charge < -0.3 is 9.47 Å². The Morgan fingerprint density at radius 3 is 2.38 bits per heavy atom. The minimum atomic E-state index is -0.371. The number of halogens is 2. The molecular weight excluding hydrogens is 411 g/mol. The molecule has 0 saturated heterocycles. The average molecular weight is 429 g/mol. The van der Waals surface area contributed by atoms with E-state index in [0.717, 1.165) is 16.9 Å². The fraction of sp³-hybridized carbons (Fsp3) is 0.0909. The minimum absolute atomic E-state index is 0.158. The smallest absolute Gasteiger partial charge is 0.277 e. The first-order valence-corrected chi connectivity index (χ1v) is 9.52. The second-order valence-corrected chi connectivity index (χ2v) is 6.90. The highest BCUT2D eigenvalue weighted by molar-refractivity contribution is 6.30. The molecule has 1 N–H and O–H groups in total. The molecule has 3 aromatic carbocycles. The Morgan fingerprint density at radius 1 is 0.897 bits per heavy atom. The van der Waals surface area contributed by atoms with Crippen molar-refractivity contribution < 1.29 is 14.3 Å². The van der Waals surface area contributed by atoms with E-state index in [2.05, 4.69) is 10.5 Å². The highest BCUT2D eigenvalue weighted by Crippen LogP contribution is 2.17. The lowest BCUT2D eigenvalue weighted by Crippen LogP contribution is -2.24. The van der Waals surface area contributed by atoms with E-state index in [9.17, 15) is 4.79 Å². The van der Waals surface area contributed by atoms with E-state index in [4.69, 9.17) is 32.7 Å². The monoisotopic (exact) mass is 428 g/mol. The summed E-state index contributed by atoms with van der Waals surface area (Å²) in [6, 6.07) is 21.7. The van der Waals surface area contributed by atoms with E-state index < -0.39 is 0 Å². The van der Waals surface area contributed by atoms with E-state index in [0.29, 0.717) is 22.4 Å². The van der Waals surface area contributed by atoms with Crippen LogP contribution in [0, 0.1) is 0 Å². The fourth-order valence-corrected chi connectivity index (χ4v) is 2.62. The van der Waals surface area contributed by atoms with Crippen LogP contribution in [0.3, 0.4) is 0 Å². The zero-order valence-corrected chi connectivity index (χ0v) is 16.9. The van der Waals surface area contributed by atoms with Gasteiger partial charge in [-0.15, -0.1) is 0 Å². The molecule has 3 aromatic rings. The van der Waals surface area contributed by atoms with Gasteiger partial charge in [0.15, 0.2) is 6.61 Å². The summed E-state index contributed by atoms with van der Waals surface area (Å²) >= 11 is 11.7. The molecule has 0 radical (unpaired) electrons. The molecule has 0 aromatic heterocycles. The Kier molecular flexibility index (Phi) is 7.50. The van der Waals surface area contributed by atoms with Gasteiger partial charge in [-0.2, -0.15) is 5.10 Å². The molecule has 0 unspecified atom stereocenters. The Morgan fingerprint density at radius 2 is 1.66 bits per heavy atom. The van der Waals surface area contributed by atoms with E-state index in [1.807, 2.05) is 48.5 Å². The molecule has 148 valence electrons. The van der Waals surface area contributed by atoms with Crippen molar-refractivity contribution in [1.82, 2.24) is 5.43 Å². The minimum Gasteiger partial charge on any atom is -0.489 e. The van der Waals surface area contributed by atoms with Crippen molar-refractivity contribution >= 4 is 35.3 Å². The van der Waals surface area contributed by atoms with Gasteiger partial charge in [0.1, 0.15) is 18.1 Å². The van der Waals surface area contributed by atoms with Crippen molar-refractivity contribution in [3.05, 3.63) is 94.0 Å². The molecule has 0 fully saturated rings. The van der Waals surface area contributed by atoms with E-state index in [1.54, 1.807) is 30.5 Å². The zero-order valence-electron chi connectivity index (χ0n) is 15.3. The first kappa shape index (κ1) is 20.7. The van der Waals surface area contributed by atoms with Gasteiger partial charge in [0.25, 0.3) is 5.91 Å². The van der Waals surface area contributed by atoms with Crippen molar-refractivity contribution in [3.63, 3.8) is 0 Å². The number of hydrogen-bond acceptors (Lipinski definition) is 4. The molecule has 0 bridgehead atoms. The van der Waals surface area contributed by atoms with Crippen LogP contribution < -0.4 is 14.9 Å². The van der Waals surface area contributed by atoms with Crippen molar-refractivity contribution in [3.8, 4) is 11.5 Å². The summed E-state index contributed by atoms with van der Waals surface area (Å²) in [5.74, 6) is 0.881. The van der Waals surface area contributed by atoms with E-state index >= 15 is 0 Å². The molecule has 0 spiro atoms. The normalized spacial score (nSPS) is 10.7. The number of carbonyl (C=O) groups is 1. The Labute approximate surface area is 178 Å². The summed E-state index contributed by atoms with van der Waals surface area (Å²) < 4.78 is 11.1. The summed E-state index contributed by atoms with van der Waals surface area (Å²) in [7, 11) is 0. The molecule has 29 heavy (non-hydrogen) atoms. The van der Waals surface area contributed by atoms with Gasteiger partial charge in [-0.05, 0) is 65.7 Å². The zero-order chi connectivity index (χ0) is 20.5. The van der Waals surface area contributed by atoms with Crippen molar-refractivity contribution in [2.45, 2.75) is 6.61 Å². The predicted molar refractivity (Wildman–Crippen MR) is 115 cm³/mol. The van der Waals surface area contributed by atoms with E-state index in [1.165, 1.54) is 0 Å². The summed E-state index contributed by atoms with van der Waals surface area (Å²) in [5.41, 5.74) is 4.26. The maximum absolute atomic E-state index is 11.8. The Balaban J connectivity index is 1.42. The van der Waals surface area contributed by atoms with E-state index in [-0.39, 0.29) is 12.5 Å². The van der Waals surface area contributed by atoms with Crippen LogP contribution in [0.1, 0.15) is 11.1 Å². The molecule has 0 aliphatic carbocycles. The Hall–Kier alpha value is -3.02. The van der Waals surface area contributed by atoms with Crippen LogP contribution in [0.2, 0.25) is 10.0 Å². The van der Waals surface area contributed by atoms with Crippen LogP contribution in [0.4, 0.5) is 0 Å². The van der Waals surface area contributed by atoms with Gasteiger partial charge in [0.2, 0.25) is 0 Å². The number of amides is 1. The average Bonchev–Trinajstić information content (AvgIpc) is 2.73. The van der Waals surface area contributed by atoms with Crippen molar-refractivity contribution in [2.75, 3.05) is 6.61 Å². The van der Waals surface area contributed by atoms with Crippen LogP contribution in [-0.2, 0) is 11.4 Å². The molecule has 5 nitrogen and oxygen atoms in total. The molecule has 0 saturated carbocycles. The number of ether oxygens (including phenoxy) is 2. The number of nitrogens with one attached hydrogen (secondary N) is 1.